The highest BCUT2D eigenvalue weighted by atomic mass is 16.5. The van der Waals surface area contributed by atoms with E-state index in [4.69, 9.17) is 4.74 Å². The van der Waals surface area contributed by atoms with E-state index in [0.717, 1.165) is 23.7 Å². The first-order chi connectivity index (χ1) is 12.3. The van der Waals surface area contributed by atoms with E-state index in [1.807, 2.05) is 7.11 Å². The highest BCUT2D eigenvalue weighted by Gasteiger charge is 2.59. The largest absolute Gasteiger partial charge is 0.381 e. The number of rotatable bonds is 3. The van der Waals surface area contributed by atoms with Crippen molar-refractivity contribution in [3.8, 4) is 0 Å². The average molecular weight is 360 g/mol. The molecular formula is C24H41NO. The Hall–Kier alpha value is -0.340. The van der Waals surface area contributed by atoms with Gasteiger partial charge in [-0.05, 0) is 107 Å². The first kappa shape index (κ1) is 19.0. The zero-order chi connectivity index (χ0) is 18.7. The number of methoxy groups -OCH3 is 1. The molecule has 4 rings (SSSR count). The number of hydrogen-bond acceptors (Lipinski definition) is 2. The van der Waals surface area contributed by atoms with E-state index in [0.29, 0.717) is 23.0 Å². The van der Waals surface area contributed by atoms with Crippen molar-refractivity contribution in [3.05, 3.63) is 11.6 Å². The molecule has 4 aliphatic rings. The van der Waals surface area contributed by atoms with E-state index >= 15 is 0 Å². The topological polar surface area (TPSA) is 12.5 Å². The molecule has 148 valence electrons. The van der Waals surface area contributed by atoms with Crippen molar-refractivity contribution in [1.29, 1.82) is 0 Å². The zero-order valence-electron chi connectivity index (χ0n) is 18.1. The van der Waals surface area contributed by atoms with Gasteiger partial charge < -0.3 is 9.64 Å². The van der Waals surface area contributed by atoms with Gasteiger partial charge in [-0.1, -0.05) is 25.5 Å². The molecule has 0 aromatic rings. The predicted octanol–water partition coefficient (Wildman–Crippen LogP) is 5.53. The molecule has 3 saturated carbocycles. The Kier molecular flexibility index (Phi) is 4.84. The van der Waals surface area contributed by atoms with Crippen LogP contribution in [0.4, 0.5) is 0 Å². The number of hydrogen-bond donors (Lipinski definition) is 0. The van der Waals surface area contributed by atoms with Crippen molar-refractivity contribution in [2.45, 2.75) is 84.3 Å². The first-order valence-electron chi connectivity index (χ1n) is 11.2. The van der Waals surface area contributed by atoms with E-state index in [1.165, 1.54) is 51.4 Å². The van der Waals surface area contributed by atoms with E-state index in [2.05, 4.69) is 45.8 Å². The lowest BCUT2D eigenvalue weighted by atomic mass is 9.47. The van der Waals surface area contributed by atoms with Crippen molar-refractivity contribution in [1.82, 2.24) is 4.90 Å². The molecule has 2 heteroatoms. The van der Waals surface area contributed by atoms with E-state index in [-0.39, 0.29) is 0 Å². The summed E-state index contributed by atoms with van der Waals surface area (Å²) in [6.07, 6.45) is 14.1. The van der Waals surface area contributed by atoms with Gasteiger partial charge in [0.2, 0.25) is 0 Å². The van der Waals surface area contributed by atoms with Gasteiger partial charge in [0.05, 0.1) is 6.10 Å². The number of nitrogens with zero attached hydrogens (tertiary/aromatic N) is 1. The minimum Gasteiger partial charge on any atom is -0.381 e. The van der Waals surface area contributed by atoms with Gasteiger partial charge >= 0.3 is 0 Å². The van der Waals surface area contributed by atoms with Crippen LogP contribution in [0.2, 0.25) is 0 Å². The molecule has 0 bridgehead atoms. The molecule has 0 amide bonds. The van der Waals surface area contributed by atoms with Crippen molar-refractivity contribution in [2.75, 3.05) is 21.2 Å². The Morgan fingerprint density at radius 2 is 1.85 bits per heavy atom. The minimum absolute atomic E-state index is 0.463. The maximum atomic E-state index is 5.72. The molecule has 0 spiro atoms. The van der Waals surface area contributed by atoms with Gasteiger partial charge in [0.1, 0.15) is 0 Å². The summed E-state index contributed by atoms with van der Waals surface area (Å²) in [4.78, 5) is 2.47. The molecule has 0 aromatic heterocycles. The van der Waals surface area contributed by atoms with Crippen molar-refractivity contribution in [3.63, 3.8) is 0 Å². The molecule has 0 aromatic carbocycles. The highest BCUT2D eigenvalue weighted by molar-refractivity contribution is 5.25. The molecule has 0 heterocycles. The summed E-state index contributed by atoms with van der Waals surface area (Å²) >= 11 is 0. The maximum Gasteiger partial charge on any atom is 0.0608 e. The highest BCUT2D eigenvalue weighted by Crippen LogP contribution is 2.66. The second-order valence-electron chi connectivity index (χ2n) is 10.8. The fourth-order valence-electron chi connectivity index (χ4n) is 8.02. The van der Waals surface area contributed by atoms with E-state index in [1.54, 1.807) is 5.57 Å². The molecule has 0 aliphatic heterocycles. The lowest BCUT2D eigenvalue weighted by Gasteiger charge is -2.58. The summed E-state index contributed by atoms with van der Waals surface area (Å²) in [6.45, 7) is 7.74. The standard InChI is InChI=1S/C24H41NO/c1-16(25(4)5)20-9-10-21-19-8-7-17-15-18(26-6)11-13-23(17,2)22(19)12-14-24(20,21)3/h7,16,18-22H,8-15H2,1-6H3/t16-,18-,19-,20?,21-,22-,23-,24+/m0/s1. The monoisotopic (exact) mass is 359 g/mol. The molecule has 4 aliphatic carbocycles. The third-order valence-electron chi connectivity index (χ3n) is 9.86. The number of fused-ring (bicyclic) bond motifs is 5. The second kappa shape index (κ2) is 6.62. The van der Waals surface area contributed by atoms with Gasteiger partial charge in [-0.3, -0.25) is 0 Å². The third kappa shape index (κ3) is 2.65. The van der Waals surface area contributed by atoms with Gasteiger partial charge in [0.25, 0.3) is 0 Å². The van der Waals surface area contributed by atoms with Crippen LogP contribution in [0.3, 0.4) is 0 Å². The second-order valence-corrected chi connectivity index (χ2v) is 10.8. The summed E-state index contributed by atoms with van der Waals surface area (Å²) in [7, 11) is 6.45. The molecule has 0 radical (unpaired) electrons. The number of allylic oxidation sites excluding steroid dienone is 1. The molecule has 0 N–H and O–H groups in total. The normalized spacial score (nSPS) is 49.2. The van der Waals surface area contributed by atoms with Crippen LogP contribution in [-0.4, -0.2) is 38.3 Å². The summed E-state index contributed by atoms with van der Waals surface area (Å²) < 4.78 is 5.72. The van der Waals surface area contributed by atoms with Crippen LogP contribution in [0, 0.1) is 34.5 Å². The molecule has 0 saturated heterocycles. The van der Waals surface area contributed by atoms with E-state index in [9.17, 15) is 0 Å². The Labute approximate surface area is 161 Å². The molecule has 2 nitrogen and oxygen atoms in total. The van der Waals surface area contributed by atoms with Gasteiger partial charge in [0.15, 0.2) is 0 Å². The van der Waals surface area contributed by atoms with Crippen LogP contribution in [0.25, 0.3) is 0 Å². The Bertz CT molecular complexity index is 569. The van der Waals surface area contributed by atoms with Crippen LogP contribution in [0.1, 0.15) is 72.1 Å². The molecule has 8 atom stereocenters. The maximum absolute atomic E-state index is 5.72. The fourth-order valence-corrected chi connectivity index (χ4v) is 8.02. The van der Waals surface area contributed by atoms with Crippen LogP contribution in [-0.2, 0) is 4.74 Å². The van der Waals surface area contributed by atoms with Crippen molar-refractivity contribution >= 4 is 0 Å². The lowest BCUT2D eigenvalue weighted by Crippen LogP contribution is -2.52. The molecular weight excluding hydrogens is 318 g/mol. The molecule has 1 unspecified atom stereocenters. The smallest absolute Gasteiger partial charge is 0.0608 e. The average Bonchev–Trinajstić information content (AvgIpc) is 2.97. The van der Waals surface area contributed by atoms with Gasteiger partial charge in [-0.25, -0.2) is 0 Å². The summed E-state index contributed by atoms with van der Waals surface area (Å²) in [5, 5.41) is 0. The quantitative estimate of drug-likeness (QED) is 0.614. The Morgan fingerprint density at radius 1 is 1.08 bits per heavy atom. The van der Waals surface area contributed by atoms with Gasteiger partial charge in [0, 0.05) is 13.2 Å². The van der Waals surface area contributed by atoms with Gasteiger partial charge in [-0.15, -0.1) is 0 Å². The molecule has 3 fully saturated rings. The summed E-state index contributed by atoms with van der Waals surface area (Å²) in [6, 6.07) is 0.712. The van der Waals surface area contributed by atoms with Crippen LogP contribution in [0.5, 0.6) is 0 Å². The van der Waals surface area contributed by atoms with Crippen molar-refractivity contribution < 1.29 is 4.74 Å². The zero-order valence-corrected chi connectivity index (χ0v) is 18.1. The minimum atomic E-state index is 0.463. The van der Waals surface area contributed by atoms with E-state index < -0.39 is 0 Å². The SMILES string of the molecule is CO[C@H]1CC[C@@]2(C)C(=CC[C@@H]3[C@@H]2CC[C@]2(C)C([C@H](C)N(C)C)CC[C@@H]32)C1. The Morgan fingerprint density at radius 3 is 2.54 bits per heavy atom. The van der Waals surface area contributed by atoms with Crippen molar-refractivity contribution in [2.24, 2.45) is 34.5 Å². The predicted molar refractivity (Wildman–Crippen MR) is 109 cm³/mol. The third-order valence-corrected chi connectivity index (χ3v) is 9.86. The van der Waals surface area contributed by atoms with Gasteiger partial charge in [-0.2, -0.15) is 0 Å². The van der Waals surface area contributed by atoms with Crippen LogP contribution < -0.4 is 0 Å². The number of ether oxygens (including phenoxy) is 1. The lowest BCUT2D eigenvalue weighted by molar-refractivity contribution is -0.0613. The van der Waals surface area contributed by atoms with Crippen LogP contribution >= 0.6 is 0 Å². The van der Waals surface area contributed by atoms with Crippen LogP contribution in [0.15, 0.2) is 11.6 Å². The summed E-state index contributed by atoms with van der Waals surface area (Å²) in [5.74, 6) is 3.68. The molecule has 26 heavy (non-hydrogen) atoms. The first-order valence-corrected chi connectivity index (χ1v) is 11.2. The summed E-state index contributed by atoms with van der Waals surface area (Å²) in [5.41, 5.74) is 2.78. The Balaban J connectivity index is 1.60. The fraction of sp³-hybridized carbons (Fsp3) is 0.917.